The number of nitrogens with zero attached hydrogens (tertiary/aromatic N) is 4. The van der Waals surface area contributed by atoms with Gasteiger partial charge in [0.05, 0.1) is 10.9 Å². The van der Waals surface area contributed by atoms with Gasteiger partial charge in [0.2, 0.25) is 11.7 Å². The highest BCUT2D eigenvalue weighted by atomic mass is 16.2. The van der Waals surface area contributed by atoms with E-state index in [4.69, 9.17) is 0 Å². The van der Waals surface area contributed by atoms with E-state index in [0.29, 0.717) is 12.1 Å². The van der Waals surface area contributed by atoms with Crippen LogP contribution in [0.25, 0.3) is 16.7 Å². The van der Waals surface area contributed by atoms with Gasteiger partial charge >= 0.3 is 5.69 Å². The SMILES string of the molecule is CC(C)CNC(=O)c1ccc2c(=O)n(C(C)C)c3nn(CC(=O)NC(C)(C)C)c(=O)n3c2c1. The Balaban J connectivity index is 2.23. The van der Waals surface area contributed by atoms with Crippen molar-refractivity contribution in [2.24, 2.45) is 5.92 Å². The summed E-state index contributed by atoms with van der Waals surface area (Å²) in [5.41, 5.74) is -0.746. The monoisotopic (exact) mass is 456 g/mol. The first-order valence-electron chi connectivity index (χ1n) is 11.1. The van der Waals surface area contributed by atoms with Crippen LogP contribution in [0.1, 0.15) is 64.9 Å². The van der Waals surface area contributed by atoms with Crippen LogP contribution in [-0.4, -0.2) is 42.6 Å². The molecule has 0 aliphatic heterocycles. The molecule has 0 unspecified atom stereocenters. The average Bonchev–Trinajstić information content (AvgIpc) is 2.99. The Morgan fingerprint density at radius 3 is 2.33 bits per heavy atom. The van der Waals surface area contributed by atoms with Gasteiger partial charge in [0, 0.05) is 23.7 Å². The molecule has 0 spiro atoms. The summed E-state index contributed by atoms with van der Waals surface area (Å²) in [5.74, 6) is -0.267. The van der Waals surface area contributed by atoms with Gasteiger partial charge < -0.3 is 10.6 Å². The molecule has 33 heavy (non-hydrogen) atoms. The van der Waals surface area contributed by atoms with Gasteiger partial charge in [0.15, 0.2) is 0 Å². The van der Waals surface area contributed by atoms with Crippen LogP contribution in [0.15, 0.2) is 27.8 Å². The minimum absolute atomic E-state index is 0.121. The van der Waals surface area contributed by atoms with Gasteiger partial charge in [-0.3, -0.25) is 19.0 Å². The molecule has 0 radical (unpaired) electrons. The normalized spacial score (nSPS) is 12.2. The number of carbonyl (C=O) groups is 2. The van der Waals surface area contributed by atoms with Crippen LogP contribution in [0.5, 0.6) is 0 Å². The molecular weight excluding hydrogens is 424 g/mol. The zero-order valence-electron chi connectivity index (χ0n) is 20.2. The Kier molecular flexibility index (Phi) is 6.49. The summed E-state index contributed by atoms with van der Waals surface area (Å²) in [6, 6.07) is 4.36. The predicted octanol–water partition coefficient (Wildman–Crippen LogP) is 1.69. The van der Waals surface area contributed by atoms with Gasteiger partial charge in [-0.05, 0) is 58.7 Å². The number of aromatic nitrogens is 4. The van der Waals surface area contributed by atoms with Crippen molar-refractivity contribution in [3.8, 4) is 0 Å². The van der Waals surface area contributed by atoms with Crippen molar-refractivity contribution < 1.29 is 9.59 Å². The van der Waals surface area contributed by atoms with Crippen molar-refractivity contribution in [3.63, 3.8) is 0 Å². The topological polar surface area (TPSA) is 120 Å². The fourth-order valence-electron chi connectivity index (χ4n) is 3.58. The van der Waals surface area contributed by atoms with E-state index in [9.17, 15) is 19.2 Å². The van der Waals surface area contributed by atoms with Gasteiger partial charge in [-0.1, -0.05) is 13.8 Å². The van der Waals surface area contributed by atoms with Gasteiger partial charge in [0.25, 0.3) is 11.5 Å². The Morgan fingerprint density at radius 1 is 1.09 bits per heavy atom. The molecular formula is C23H32N6O4. The van der Waals surface area contributed by atoms with Crippen LogP contribution >= 0.6 is 0 Å². The molecule has 10 heteroatoms. The van der Waals surface area contributed by atoms with Crippen LogP contribution in [0.2, 0.25) is 0 Å². The van der Waals surface area contributed by atoms with E-state index in [-0.39, 0.29) is 52.6 Å². The standard InChI is InChI=1S/C23H32N6O4/c1-13(2)11-24-19(31)15-8-9-16-17(10-15)29-21(28(14(3)4)20(16)32)26-27(22(29)33)12-18(30)25-23(5,6)7/h8-10,13-14H,11-12H2,1-7H3,(H,24,31)(H,25,30). The lowest BCUT2D eigenvalue weighted by Gasteiger charge is -2.20. The summed E-state index contributed by atoms with van der Waals surface area (Å²) in [6.45, 7) is 13.3. The molecule has 2 N–H and O–H groups in total. The highest BCUT2D eigenvalue weighted by molar-refractivity contribution is 5.98. The maximum absolute atomic E-state index is 13.3. The first-order chi connectivity index (χ1) is 15.3. The minimum Gasteiger partial charge on any atom is -0.352 e. The van der Waals surface area contributed by atoms with Crippen molar-refractivity contribution in [2.75, 3.05) is 6.54 Å². The number of benzene rings is 1. The van der Waals surface area contributed by atoms with Crippen molar-refractivity contribution in [2.45, 2.75) is 66.6 Å². The van der Waals surface area contributed by atoms with Gasteiger partial charge in [-0.2, -0.15) is 0 Å². The molecule has 10 nitrogen and oxygen atoms in total. The van der Waals surface area contributed by atoms with Gasteiger partial charge in [-0.25, -0.2) is 13.9 Å². The largest absolute Gasteiger partial charge is 0.352 e. The summed E-state index contributed by atoms with van der Waals surface area (Å²) < 4.78 is 3.75. The predicted molar refractivity (Wildman–Crippen MR) is 127 cm³/mol. The first-order valence-corrected chi connectivity index (χ1v) is 11.1. The lowest BCUT2D eigenvalue weighted by Crippen LogP contribution is -2.43. The molecule has 0 aliphatic carbocycles. The van der Waals surface area contributed by atoms with Gasteiger partial charge in [0.1, 0.15) is 6.54 Å². The van der Waals surface area contributed by atoms with E-state index >= 15 is 0 Å². The maximum atomic E-state index is 13.3. The third kappa shape index (κ3) is 4.99. The molecule has 3 rings (SSSR count). The quantitative estimate of drug-likeness (QED) is 0.585. The van der Waals surface area contributed by atoms with E-state index in [1.165, 1.54) is 15.0 Å². The summed E-state index contributed by atoms with van der Waals surface area (Å²) >= 11 is 0. The second-order valence-electron chi connectivity index (χ2n) is 9.98. The fraction of sp³-hybridized carbons (Fsp3) is 0.522. The van der Waals surface area contributed by atoms with E-state index < -0.39 is 11.2 Å². The summed E-state index contributed by atoms with van der Waals surface area (Å²) in [4.78, 5) is 51.6. The number of fused-ring (bicyclic) bond motifs is 3. The smallest absolute Gasteiger partial charge is 0.352 e. The van der Waals surface area contributed by atoms with Gasteiger partial charge in [-0.15, -0.1) is 5.10 Å². The third-order valence-corrected chi connectivity index (χ3v) is 4.98. The fourth-order valence-corrected chi connectivity index (χ4v) is 3.58. The lowest BCUT2D eigenvalue weighted by molar-refractivity contribution is -0.123. The zero-order valence-corrected chi connectivity index (χ0v) is 20.2. The van der Waals surface area contributed by atoms with Crippen molar-refractivity contribution in [1.29, 1.82) is 0 Å². The minimum atomic E-state index is -0.562. The number of carbonyl (C=O) groups excluding carboxylic acids is 2. The molecule has 0 bridgehead atoms. The Morgan fingerprint density at radius 2 is 1.76 bits per heavy atom. The highest BCUT2D eigenvalue weighted by Gasteiger charge is 2.22. The van der Waals surface area contributed by atoms with E-state index in [1.807, 2.05) is 48.5 Å². The van der Waals surface area contributed by atoms with Crippen LogP contribution < -0.4 is 21.9 Å². The van der Waals surface area contributed by atoms with Crippen molar-refractivity contribution in [3.05, 3.63) is 44.6 Å². The third-order valence-electron chi connectivity index (χ3n) is 4.98. The molecule has 0 fully saturated rings. The van der Waals surface area contributed by atoms with E-state index in [2.05, 4.69) is 15.7 Å². The average molecular weight is 457 g/mol. The molecule has 2 aromatic heterocycles. The van der Waals surface area contributed by atoms with Crippen LogP contribution in [-0.2, 0) is 11.3 Å². The van der Waals surface area contributed by atoms with E-state index in [1.54, 1.807) is 12.1 Å². The lowest BCUT2D eigenvalue weighted by atomic mass is 10.1. The molecule has 3 aromatic rings. The second-order valence-corrected chi connectivity index (χ2v) is 9.98. The second kappa shape index (κ2) is 8.84. The van der Waals surface area contributed by atoms with Crippen LogP contribution in [0.4, 0.5) is 0 Å². The summed E-state index contributed by atoms with van der Waals surface area (Å²) in [7, 11) is 0. The number of hydrogen-bond acceptors (Lipinski definition) is 5. The molecule has 178 valence electrons. The molecule has 0 saturated carbocycles. The number of nitrogens with one attached hydrogen (secondary N) is 2. The number of amides is 2. The van der Waals surface area contributed by atoms with Crippen LogP contribution in [0.3, 0.4) is 0 Å². The van der Waals surface area contributed by atoms with Crippen LogP contribution in [0, 0.1) is 5.92 Å². The maximum Gasteiger partial charge on any atom is 0.352 e. The molecule has 1 aromatic carbocycles. The Hall–Kier alpha value is -3.43. The molecule has 2 heterocycles. The highest BCUT2D eigenvalue weighted by Crippen LogP contribution is 2.16. The van der Waals surface area contributed by atoms with E-state index in [0.717, 1.165) is 4.68 Å². The molecule has 2 amide bonds. The van der Waals surface area contributed by atoms with Crippen molar-refractivity contribution >= 4 is 28.5 Å². The molecule has 0 saturated heterocycles. The first kappa shape index (κ1) is 24.2. The molecule has 0 aliphatic rings. The Bertz CT molecular complexity index is 1340. The summed E-state index contributed by atoms with van der Waals surface area (Å²) in [5, 5.41) is 10.2. The number of hydrogen-bond donors (Lipinski definition) is 2. The number of rotatable bonds is 6. The Labute approximate surface area is 191 Å². The zero-order chi connectivity index (χ0) is 24.7. The summed E-state index contributed by atoms with van der Waals surface area (Å²) in [6.07, 6.45) is 0. The van der Waals surface area contributed by atoms with Crippen molar-refractivity contribution in [1.82, 2.24) is 29.4 Å². The molecule has 0 atom stereocenters.